The minimum absolute atomic E-state index is 0.0724. The van der Waals surface area contributed by atoms with Crippen molar-refractivity contribution in [1.29, 1.82) is 0 Å². The average molecular weight is 475 g/mol. The second kappa shape index (κ2) is 8.01. The van der Waals surface area contributed by atoms with Gasteiger partial charge >= 0.3 is 12.4 Å². The quantitative estimate of drug-likeness (QED) is 0.433. The molecule has 0 aliphatic heterocycles. The molecular weight excluding hydrogens is 460 g/mol. The molecule has 1 amide bonds. The van der Waals surface area contributed by atoms with Crippen molar-refractivity contribution in [3.63, 3.8) is 0 Å². The summed E-state index contributed by atoms with van der Waals surface area (Å²) in [5.41, 5.74) is -3.20. The Hall–Kier alpha value is -3.28. The first-order valence-corrected chi connectivity index (χ1v) is 10.9. The lowest BCUT2D eigenvalue weighted by Crippen LogP contribution is -2.14. The van der Waals surface area contributed by atoms with Crippen molar-refractivity contribution in [2.45, 2.75) is 17.2 Å². The first kappa shape index (κ1) is 23.4. The average Bonchev–Trinajstić information content (AvgIpc) is 3.14. The molecule has 12 heteroatoms. The van der Waals surface area contributed by atoms with Crippen LogP contribution in [0, 0.1) is 0 Å². The first-order chi connectivity index (χ1) is 14.7. The minimum Gasteiger partial charge on any atom is -0.322 e. The summed E-state index contributed by atoms with van der Waals surface area (Å²) in [5.74, 6) is 2.96. The van der Waals surface area contributed by atoms with Crippen LogP contribution in [0.4, 0.5) is 32.0 Å². The van der Waals surface area contributed by atoms with E-state index in [1.807, 2.05) is 0 Å². The van der Waals surface area contributed by atoms with Gasteiger partial charge in [0.2, 0.25) is 0 Å². The van der Waals surface area contributed by atoms with Crippen LogP contribution in [0.15, 0.2) is 59.5 Å². The van der Waals surface area contributed by atoms with E-state index >= 15 is 0 Å². The van der Waals surface area contributed by atoms with E-state index in [0.717, 1.165) is 12.1 Å². The van der Waals surface area contributed by atoms with Crippen molar-refractivity contribution in [2.75, 3.05) is 11.6 Å². The Bertz CT molecular complexity index is 1260. The highest BCUT2D eigenvalue weighted by atomic mass is 32.2. The molecule has 1 aromatic heterocycles. The van der Waals surface area contributed by atoms with Crippen LogP contribution in [-0.2, 0) is 21.9 Å². The third-order valence-electron chi connectivity index (χ3n) is 4.25. The second-order valence-electron chi connectivity index (χ2n) is 6.86. The van der Waals surface area contributed by atoms with Gasteiger partial charge in [0.15, 0.2) is 5.69 Å². The summed E-state index contributed by atoms with van der Waals surface area (Å²) in [6, 6.07) is 10.5. The highest BCUT2D eigenvalue weighted by molar-refractivity contribution is 7.99. The van der Waals surface area contributed by atoms with Gasteiger partial charge in [0, 0.05) is 28.5 Å². The van der Waals surface area contributed by atoms with E-state index in [4.69, 9.17) is 0 Å². The van der Waals surface area contributed by atoms with Gasteiger partial charge in [0.1, 0.15) is 5.69 Å². The van der Waals surface area contributed by atoms with Gasteiger partial charge in [-0.25, -0.2) is 4.68 Å². The highest BCUT2D eigenvalue weighted by Gasteiger charge is 2.42. The van der Waals surface area contributed by atoms with Crippen LogP contribution >= 0.6 is 0 Å². The smallest absolute Gasteiger partial charge is 0.322 e. The molecule has 0 aliphatic rings. The molecule has 170 valence electrons. The highest BCUT2D eigenvalue weighted by Crippen LogP contribution is 2.36. The molecule has 0 radical (unpaired) electrons. The number of anilines is 1. The summed E-state index contributed by atoms with van der Waals surface area (Å²) < 4.78 is 90.3. The van der Waals surface area contributed by atoms with Crippen molar-refractivity contribution in [3.05, 3.63) is 71.5 Å². The molecule has 0 saturated heterocycles. The number of rotatable bonds is 4. The zero-order valence-electron chi connectivity index (χ0n) is 16.3. The Morgan fingerprint density at radius 2 is 1.62 bits per heavy atom. The number of nitrogens with zero attached hydrogens (tertiary/aromatic N) is 2. The van der Waals surface area contributed by atoms with Gasteiger partial charge in [-0.15, -0.1) is 0 Å². The summed E-state index contributed by atoms with van der Waals surface area (Å²) in [6.07, 6.45) is -8.71. The van der Waals surface area contributed by atoms with Crippen LogP contribution in [0.2, 0.25) is 0 Å². The zero-order valence-corrected chi connectivity index (χ0v) is 17.1. The Morgan fingerprint density at radius 3 is 2.16 bits per heavy atom. The largest absolute Gasteiger partial charge is 0.435 e. The van der Waals surface area contributed by atoms with Crippen LogP contribution in [-0.4, -0.2) is 32.0 Å². The molecule has 3 aromatic rings. The molecule has 5 nitrogen and oxygen atoms in total. The van der Waals surface area contributed by atoms with Gasteiger partial charge in [-0.1, -0.05) is 6.07 Å². The maximum Gasteiger partial charge on any atom is 0.435 e. The van der Waals surface area contributed by atoms with Crippen molar-refractivity contribution in [1.82, 2.24) is 9.78 Å². The van der Waals surface area contributed by atoms with E-state index in [-0.39, 0.29) is 27.7 Å². The van der Waals surface area contributed by atoms with Gasteiger partial charge < -0.3 is 5.32 Å². The number of halogens is 6. The Morgan fingerprint density at radius 1 is 1.00 bits per heavy atom. The van der Waals surface area contributed by atoms with Gasteiger partial charge in [-0.2, -0.15) is 31.4 Å². The van der Waals surface area contributed by atoms with E-state index < -0.39 is 39.2 Å². The Balaban J connectivity index is 1.88. The number of aromatic nitrogens is 2. The third kappa shape index (κ3) is 5.13. The molecule has 1 N–H and O–H groups in total. The van der Waals surface area contributed by atoms with Crippen LogP contribution in [0.3, 0.4) is 0 Å². The predicted octanol–water partition coefficient (Wildman–Crippen LogP) is 4.87. The van der Waals surface area contributed by atoms with Crippen molar-refractivity contribution in [3.8, 4) is 5.69 Å². The molecule has 2 aromatic carbocycles. The van der Waals surface area contributed by atoms with E-state index in [1.165, 1.54) is 36.6 Å². The molecule has 0 fully saturated rings. The van der Waals surface area contributed by atoms with Gasteiger partial charge in [-0.05, 0) is 57.9 Å². The molecule has 0 saturated carbocycles. The van der Waals surface area contributed by atoms with Crippen LogP contribution in [0.25, 0.3) is 5.69 Å². The molecule has 0 aliphatic carbocycles. The number of nitrogens with one attached hydrogen (secondary N) is 1. The van der Waals surface area contributed by atoms with Gasteiger partial charge in [-0.3, -0.25) is 9.00 Å². The van der Waals surface area contributed by atoms with Crippen molar-refractivity contribution in [2.24, 2.45) is 0 Å². The Kier molecular flexibility index (Phi) is 5.85. The SMILES string of the molecule is C=S(C)(=O)c1cccc(C(=O)Nc2ccc(-n3nc(C(F)(F)F)cc3C(F)(F)F)cc2)c1. The molecule has 0 bridgehead atoms. The molecule has 1 atom stereocenters. The summed E-state index contributed by atoms with van der Waals surface area (Å²) in [4.78, 5) is 12.8. The molecular formula is C20H15F6N3O2S. The lowest BCUT2D eigenvalue weighted by atomic mass is 10.2. The fourth-order valence-electron chi connectivity index (χ4n) is 2.71. The number of hydrogen-bond donors (Lipinski definition) is 1. The van der Waals surface area contributed by atoms with Crippen LogP contribution in [0.5, 0.6) is 0 Å². The van der Waals surface area contributed by atoms with E-state index in [0.29, 0.717) is 4.90 Å². The maximum absolute atomic E-state index is 13.2. The van der Waals surface area contributed by atoms with Crippen molar-refractivity contribution >= 4 is 27.0 Å². The predicted molar refractivity (Wildman–Crippen MR) is 107 cm³/mol. The standard InChI is InChI=1S/C20H15F6N3O2S/c1-32(2,31)15-5-3-4-12(10-15)18(30)27-13-6-8-14(9-7-13)29-17(20(24,25)26)11-16(28-29)19(21,22)23/h3-11H,1H2,2H3,(H,27,30). The number of amides is 1. The lowest BCUT2D eigenvalue weighted by molar-refractivity contribution is -0.143. The normalized spacial score (nSPS) is 14.1. The summed E-state index contributed by atoms with van der Waals surface area (Å²) in [5, 5.41) is 5.55. The first-order valence-electron chi connectivity index (χ1n) is 8.75. The number of carbonyl (C=O) groups excluding carboxylic acids is 1. The maximum atomic E-state index is 13.2. The van der Waals surface area contributed by atoms with E-state index in [2.05, 4.69) is 16.3 Å². The van der Waals surface area contributed by atoms with E-state index in [1.54, 1.807) is 6.07 Å². The molecule has 3 rings (SSSR count). The molecule has 1 heterocycles. The van der Waals surface area contributed by atoms with Crippen LogP contribution < -0.4 is 5.32 Å². The van der Waals surface area contributed by atoms with E-state index in [9.17, 15) is 35.3 Å². The summed E-state index contributed by atoms with van der Waals surface area (Å²) in [6.45, 7) is 0. The monoisotopic (exact) mass is 475 g/mol. The Labute approximate surface area is 178 Å². The number of benzene rings is 2. The summed E-state index contributed by atoms with van der Waals surface area (Å²) in [7, 11) is -2.55. The second-order valence-corrected chi connectivity index (χ2v) is 9.34. The fourth-order valence-corrected chi connectivity index (χ4v) is 3.46. The lowest BCUT2D eigenvalue weighted by Gasteiger charge is -2.11. The van der Waals surface area contributed by atoms with Crippen LogP contribution in [0.1, 0.15) is 21.7 Å². The van der Waals surface area contributed by atoms with Gasteiger partial charge in [0.25, 0.3) is 5.91 Å². The minimum atomic E-state index is -5.07. The van der Waals surface area contributed by atoms with Gasteiger partial charge in [0.05, 0.1) is 5.69 Å². The fraction of sp³-hybridized carbons (Fsp3) is 0.150. The molecule has 32 heavy (non-hydrogen) atoms. The van der Waals surface area contributed by atoms with Crippen molar-refractivity contribution < 1.29 is 35.3 Å². The molecule has 0 spiro atoms. The topological polar surface area (TPSA) is 64.0 Å². The number of hydrogen-bond acceptors (Lipinski definition) is 3. The molecule has 1 unspecified atom stereocenters. The zero-order chi connectivity index (χ0) is 23.9. The number of alkyl halides is 6. The third-order valence-corrected chi connectivity index (χ3v) is 5.51. The summed E-state index contributed by atoms with van der Waals surface area (Å²) >= 11 is 0. The number of carbonyl (C=O) groups is 1.